The van der Waals surface area contributed by atoms with Crippen molar-refractivity contribution in [3.05, 3.63) is 41.2 Å². The van der Waals surface area contributed by atoms with Gasteiger partial charge in [0.2, 0.25) is 5.91 Å². The summed E-state index contributed by atoms with van der Waals surface area (Å²) in [6.45, 7) is 5.42. The summed E-state index contributed by atoms with van der Waals surface area (Å²) in [5, 5.41) is 7.33. The van der Waals surface area contributed by atoms with Crippen molar-refractivity contribution in [2.24, 2.45) is 0 Å². The highest BCUT2D eigenvalue weighted by molar-refractivity contribution is 6.05. The molecule has 2 aromatic rings. The number of aromatic nitrogens is 2. The third-order valence-corrected chi connectivity index (χ3v) is 6.15. The fourth-order valence-corrected chi connectivity index (χ4v) is 4.50. The molecule has 1 aromatic carbocycles. The first kappa shape index (κ1) is 22.0. The maximum absolute atomic E-state index is 13.1. The average molecular weight is 439 g/mol. The molecule has 1 aliphatic heterocycles. The second kappa shape index (κ2) is 9.14. The van der Waals surface area contributed by atoms with Crippen molar-refractivity contribution in [3.63, 3.8) is 0 Å². The van der Waals surface area contributed by atoms with E-state index in [4.69, 9.17) is 4.74 Å². The monoisotopic (exact) mass is 438 g/mol. The van der Waals surface area contributed by atoms with E-state index >= 15 is 0 Å². The fraction of sp³-hybridized carbons (Fsp3) is 0.500. The van der Waals surface area contributed by atoms with Gasteiger partial charge in [0.15, 0.2) is 6.10 Å². The van der Waals surface area contributed by atoms with Crippen molar-refractivity contribution < 1.29 is 19.1 Å². The molecule has 2 aliphatic rings. The van der Waals surface area contributed by atoms with E-state index in [2.05, 4.69) is 10.4 Å². The summed E-state index contributed by atoms with van der Waals surface area (Å²) in [5.41, 5.74) is 2.29. The smallest absolute Gasteiger partial charge is 0.278 e. The highest BCUT2D eigenvalue weighted by Crippen LogP contribution is 2.36. The number of carbonyl (C=O) groups excluding carboxylic acids is 3. The molecule has 2 amide bonds. The number of nitrogens with zero attached hydrogens (tertiary/aromatic N) is 3. The number of aryl methyl sites for hydroxylation is 2. The maximum atomic E-state index is 13.1. The summed E-state index contributed by atoms with van der Waals surface area (Å²) >= 11 is 0. The molecular weight excluding hydrogens is 408 g/mol. The SMILES string of the molecule is CC[C@@H]1Oc2ccc(C(=O)n3nc(C)cc3C)cc2N(CC(=O)NC2CCCCC2)C1=O. The molecule has 8 heteroatoms. The topological polar surface area (TPSA) is 93.5 Å². The van der Waals surface area contributed by atoms with E-state index in [0.29, 0.717) is 23.4 Å². The Balaban J connectivity index is 1.61. The summed E-state index contributed by atoms with van der Waals surface area (Å²) in [4.78, 5) is 40.3. The van der Waals surface area contributed by atoms with Crippen LogP contribution in [-0.4, -0.2) is 46.2 Å². The first-order valence-electron chi connectivity index (χ1n) is 11.4. The van der Waals surface area contributed by atoms with Crippen LogP contribution >= 0.6 is 0 Å². The van der Waals surface area contributed by atoms with Crippen LogP contribution in [0.5, 0.6) is 5.75 Å². The first-order valence-corrected chi connectivity index (χ1v) is 11.4. The molecule has 0 bridgehead atoms. The van der Waals surface area contributed by atoms with Gasteiger partial charge in [0.25, 0.3) is 11.8 Å². The van der Waals surface area contributed by atoms with Gasteiger partial charge in [0, 0.05) is 17.3 Å². The van der Waals surface area contributed by atoms with Gasteiger partial charge in [-0.25, -0.2) is 4.68 Å². The first-order chi connectivity index (χ1) is 15.4. The van der Waals surface area contributed by atoms with E-state index in [1.165, 1.54) is 16.0 Å². The van der Waals surface area contributed by atoms with Crippen LogP contribution in [0, 0.1) is 13.8 Å². The molecule has 1 atom stereocenters. The van der Waals surface area contributed by atoms with E-state index in [0.717, 1.165) is 37.1 Å². The molecule has 0 spiro atoms. The van der Waals surface area contributed by atoms with Crippen molar-refractivity contribution in [2.75, 3.05) is 11.4 Å². The Morgan fingerprint density at radius 2 is 1.91 bits per heavy atom. The Morgan fingerprint density at radius 1 is 1.16 bits per heavy atom. The number of rotatable bonds is 5. The van der Waals surface area contributed by atoms with E-state index in [9.17, 15) is 14.4 Å². The summed E-state index contributed by atoms with van der Waals surface area (Å²) in [7, 11) is 0. The average Bonchev–Trinajstić information content (AvgIpc) is 3.13. The van der Waals surface area contributed by atoms with Crippen LogP contribution in [0.4, 0.5) is 5.69 Å². The van der Waals surface area contributed by atoms with Gasteiger partial charge in [-0.3, -0.25) is 19.3 Å². The van der Waals surface area contributed by atoms with E-state index in [1.54, 1.807) is 18.2 Å². The largest absolute Gasteiger partial charge is 0.478 e. The van der Waals surface area contributed by atoms with E-state index < -0.39 is 6.10 Å². The highest BCUT2D eigenvalue weighted by Gasteiger charge is 2.35. The van der Waals surface area contributed by atoms with Crippen LogP contribution in [0.15, 0.2) is 24.3 Å². The standard InChI is InChI=1S/C24H30N4O4/c1-4-20-24(31)27(14-22(29)25-18-8-6-5-7-9-18)19-13-17(10-11-21(19)32-20)23(30)28-16(3)12-15(2)26-28/h10-13,18,20H,4-9,14H2,1-3H3,(H,25,29)/t20-/m0/s1. The van der Waals surface area contributed by atoms with E-state index in [1.807, 2.05) is 26.8 Å². The number of anilines is 1. The molecule has 1 aromatic heterocycles. The van der Waals surface area contributed by atoms with Crippen molar-refractivity contribution in [1.82, 2.24) is 15.1 Å². The quantitative estimate of drug-likeness (QED) is 0.774. The summed E-state index contributed by atoms with van der Waals surface area (Å²) in [6.07, 6.45) is 5.20. The molecule has 4 rings (SSSR count). The predicted octanol–water partition coefficient (Wildman–Crippen LogP) is 3.14. The summed E-state index contributed by atoms with van der Waals surface area (Å²) < 4.78 is 7.21. The van der Waals surface area contributed by atoms with Gasteiger partial charge in [0.05, 0.1) is 11.4 Å². The lowest BCUT2D eigenvalue weighted by molar-refractivity contribution is -0.129. The van der Waals surface area contributed by atoms with Crippen molar-refractivity contribution >= 4 is 23.4 Å². The Bertz CT molecular complexity index is 1040. The molecule has 1 saturated carbocycles. The zero-order chi connectivity index (χ0) is 22.8. The van der Waals surface area contributed by atoms with Gasteiger partial charge >= 0.3 is 0 Å². The fourth-order valence-electron chi connectivity index (χ4n) is 4.50. The van der Waals surface area contributed by atoms with Gasteiger partial charge in [0.1, 0.15) is 12.3 Å². The number of amides is 2. The van der Waals surface area contributed by atoms with Crippen LogP contribution in [0.1, 0.15) is 67.2 Å². The minimum absolute atomic E-state index is 0.0975. The molecule has 170 valence electrons. The van der Waals surface area contributed by atoms with Gasteiger partial charge in [-0.2, -0.15) is 5.10 Å². The molecular formula is C24H30N4O4. The number of benzene rings is 1. The molecule has 1 N–H and O–H groups in total. The van der Waals surface area contributed by atoms with Crippen LogP contribution in [0.3, 0.4) is 0 Å². The third kappa shape index (κ3) is 4.40. The second-order valence-corrected chi connectivity index (χ2v) is 8.67. The van der Waals surface area contributed by atoms with E-state index in [-0.39, 0.29) is 30.3 Å². The van der Waals surface area contributed by atoms with Crippen molar-refractivity contribution in [2.45, 2.75) is 71.4 Å². The summed E-state index contributed by atoms with van der Waals surface area (Å²) in [6, 6.07) is 6.96. The predicted molar refractivity (Wildman–Crippen MR) is 120 cm³/mol. The lowest BCUT2D eigenvalue weighted by Gasteiger charge is -2.34. The Morgan fingerprint density at radius 3 is 2.56 bits per heavy atom. The number of fused-ring (bicyclic) bond motifs is 1. The molecule has 0 unspecified atom stereocenters. The lowest BCUT2D eigenvalue weighted by atomic mass is 9.95. The van der Waals surface area contributed by atoms with Crippen LogP contribution in [0.25, 0.3) is 0 Å². The number of nitrogens with one attached hydrogen (secondary N) is 1. The van der Waals surface area contributed by atoms with Crippen LogP contribution < -0.4 is 15.0 Å². The number of ether oxygens (including phenoxy) is 1. The zero-order valence-corrected chi connectivity index (χ0v) is 18.9. The minimum Gasteiger partial charge on any atom is -0.478 e. The Labute approximate surface area is 187 Å². The normalized spacial score (nSPS) is 18.8. The van der Waals surface area contributed by atoms with Crippen LogP contribution in [0.2, 0.25) is 0 Å². The molecule has 32 heavy (non-hydrogen) atoms. The van der Waals surface area contributed by atoms with Gasteiger partial charge in [-0.1, -0.05) is 26.2 Å². The molecule has 8 nitrogen and oxygen atoms in total. The highest BCUT2D eigenvalue weighted by atomic mass is 16.5. The second-order valence-electron chi connectivity index (χ2n) is 8.67. The van der Waals surface area contributed by atoms with Gasteiger partial charge in [-0.05, 0) is 57.4 Å². The van der Waals surface area contributed by atoms with Gasteiger partial charge < -0.3 is 10.1 Å². The van der Waals surface area contributed by atoms with Crippen molar-refractivity contribution in [3.8, 4) is 5.75 Å². The maximum Gasteiger partial charge on any atom is 0.278 e. The lowest BCUT2D eigenvalue weighted by Crippen LogP contribution is -2.51. The Hall–Kier alpha value is -3.16. The minimum atomic E-state index is -0.650. The molecule has 0 saturated heterocycles. The Kier molecular flexibility index (Phi) is 6.30. The summed E-state index contributed by atoms with van der Waals surface area (Å²) in [5.74, 6) is -0.264. The third-order valence-electron chi connectivity index (χ3n) is 6.15. The number of hydrogen-bond donors (Lipinski definition) is 1. The molecule has 0 radical (unpaired) electrons. The number of carbonyl (C=O) groups is 3. The van der Waals surface area contributed by atoms with Crippen LogP contribution in [-0.2, 0) is 9.59 Å². The van der Waals surface area contributed by atoms with Gasteiger partial charge in [-0.15, -0.1) is 0 Å². The number of hydrogen-bond acceptors (Lipinski definition) is 5. The molecule has 1 aliphatic carbocycles. The molecule has 1 fully saturated rings. The molecule has 2 heterocycles. The van der Waals surface area contributed by atoms with Crippen molar-refractivity contribution in [1.29, 1.82) is 0 Å². The zero-order valence-electron chi connectivity index (χ0n) is 18.9.